The topological polar surface area (TPSA) is 32.3 Å². The van der Waals surface area contributed by atoms with E-state index in [1.54, 1.807) is 0 Å². The molecule has 1 amide bonds. The number of thioether (sulfide) groups is 1. The number of hydrogen-bond donors (Lipinski definition) is 1. The van der Waals surface area contributed by atoms with E-state index in [1.807, 2.05) is 11.8 Å². The SMILES string of the molecule is CCC1NCC(=O)N1CC1(SC)CCCC1. The molecule has 1 heterocycles. The summed E-state index contributed by atoms with van der Waals surface area (Å²) in [6.07, 6.45) is 8.68. The number of nitrogens with zero attached hydrogens (tertiary/aromatic N) is 1. The van der Waals surface area contributed by atoms with Gasteiger partial charge < -0.3 is 4.90 Å². The number of hydrogen-bond acceptors (Lipinski definition) is 3. The van der Waals surface area contributed by atoms with Gasteiger partial charge in [0.2, 0.25) is 5.91 Å². The predicted octanol–water partition coefficient (Wildman–Crippen LogP) is 1.83. The van der Waals surface area contributed by atoms with Crippen molar-refractivity contribution in [3.05, 3.63) is 0 Å². The van der Waals surface area contributed by atoms with Gasteiger partial charge in [0.15, 0.2) is 0 Å². The van der Waals surface area contributed by atoms with Crippen molar-refractivity contribution in [1.29, 1.82) is 0 Å². The van der Waals surface area contributed by atoms with Crippen molar-refractivity contribution in [1.82, 2.24) is 10.2 Å². The van der Waals surface area contributed by atoms with Gasteiger partial charge in [0, 0.05) is 11.3 Å². The molecule has 1 unspecified atom stereocenters. The summed E-state index contributed by atoms with van der Waals surface area (Å²) >= 11 is 1.96. The van der Waals surface area contributed by atoms with Crippen LogP contribution in [0.4, 0.5) is 0 Å². The van der Waals surface area contributed by atoms with Crippen LogP contribution in [0.3, 0.4) is 0 Å². The van der Waals surface area contributed by atoms with Crippen LogP contribution in [0.15, 0.2) is 0 Å². The van der Waals surface area contributed by atoms with Crippen LogP contribution >= 0.6 is 11.8 Å². The Bertz CT molecular complexity index is 264. The van der Waals surface area contributed by atoms with Crippen LogP contribution in [-0.2, 0) is 4.79 Å². The monoisotopic (exact) mass is 242 g/mol. The molecule has 2 fully saturated rings. The Kier molecular flexibility index (Phi) is 3.80. The molecule has 0 radical (unpaired) electrons. The molecule has 0 bridgehead atoms. The molecule has 0 aromatic carbocycles. The van der Waals surface area contributed by atoms with E-state index in [4.69, 9.17) is 0 Å². The summed E-state index contributed by atoms with van der Waals surface area (Å²) in [5.74, 6) is 0.284. The number of carbonyl (C=O) groups is 1. The summed E-state index contributed by atoms with van der Waals surface area (Å²) in [7, 11) is 0. The van der Waals surface area contributed by atoms with Crippen molar-refractivity contribution in [2.45, 2.75) is 49.9 Å². The second-order valence-corrected chi connectivity index (χ2v) is 6.20. The van der Waals surface area contributed by atoms with Crippen LogP contribution in [0.1, 0.15) is 39.0 Å². The zero-order chi connectivity index (χ0) is 11.6. The summed E-state index contributed by atoms with van der Waals surface area (Å²) < 4.78 is 0.342. The predicted molar refractivity (Wildman–Crippen MR) is 68.5 cm³/mol. The van der Waals surface area contributed by atoms with Crippen molar-refractivity contribution >= 4 is 17.7 Å². The third-order valence-corrected chi connectivity index (χ3v) is 5.38. The van der Waals surface area contributed by atoms with Gasteiger partial charge in [-0.2, -0.15) is 11.8 Å². The molecular weight excluding hydrogens is 220 g/mol. The van der Waals surface area contributed by atoms with Crippen LogP contribution in [0.2, 0.25) is 0 Å². The molecule has 16 heavy (non-hydrogen) atoms. The fourth-order valence-corrected chi connectivity index (χ4v) is 3.88. The van der Waals surface area contributed by atoms with Gasteiger partial charge in [-0.3, -0.25) is 10.1 Å². The summed E-state index contributed by atoms with van der Waals surface area (Å²) in [6, 6.07) is 0. The molecule has 1 atom stereocenters. The fourth-order valence-electron chi connectivity index (χ4n) is 2.91. The fraction of sp³-hybridized carbons (Fsp3) is 0.917. The van der Waals surface area contributed by atoms with E-state index in [-0.39, 0.29) is 12.1 Å². The highest BCUT2D eigenvalue weighted by Crippen LogP contribution is 2.41. The molecule has 4 heteroatoms. The maximum atomic E-state index is 11.8. The van der Waals surface area contributed by atoms with Crippen molar-refractivity contribution in [2.24, 2.45) is 0 Å². The normalized spacial score (nSPS) is 29.0. The summed E-state index contributed by atoms with van der Waals surface area (Å²) in [6.45, 7) is 3.62. The van der Waals surface area contributed by atoms with E-state index < -0.39 is 0 Å². The first-order chi connectivity index (χ1) is 7.71. The van der Waals surface area contributed by atoms with Gasteiger partial charge >= 0.3 is 0 Å². The molecule has 1 saturated heterocycles. The van der Waals surface area contributed by atoms with E-state index >= 15 is 0 Å². The van der Waals surface area contributed by atoms with Crippen LogP contribution in [0.5, 0.6) is 0 Å². The first kappa shape index (κ1) is 12.2. The highest BCUT2D eigenvalue weighted by molar-refractivity contribution is 8.00. The van der Waals surface area contributed by atoms with E-state index in [1.165, 1.54) is 25.7 Å². The molecule has 1 aliphatic carbocycles. The largest absolute Gasteiger partial charge is 0.325 e. The standard InChI is InChI=1S/C12H22N2OS/c1-3-10-13-8-11(15)14(10)9-12(16-2)6-4-5-7-12/h10,13H,3-9H2,1-2H3. The first-order valence-corrected chi connectivity index (χ1v) is 7.51. The highest BCUT2D eigenvalue weighted by Gasteiger charge is 2.39. The third kappa shape index (κ3) is 2.23. The summed E-state index contributed by atoms with van der Waals surface area (Å²) in [4.78, 5) is 13.9. The number of amides is 1. The smallest absolute Gasteiger partial charge is 0.237 e. The van der Waals surface area contributed by atoms with Gasteiger partial charge in [0.1, 0.15) is 0 Å². The Morgan fingerprint density at radius 3 is 2.75 bits per heavy atom. The van der Waals surface area contributed by atoms with Crippen molar-refractivity contribution in [2.75, 3.05) is 19.3 Å². The van der Waals surface area contributed by atoms with E-state index in [0.29, 0.717) is 11.3 Å². The minimum Gasteiger partial charge on any atom is -0.325 e. The van der Waals surface area contributed by atoms with Crippen LogP contribution in [0, 0.1) is 0 Å². The lowest BCUT2D eigenvalue weighted by atomic mass is 10.1. The van der Waals surface area contributed by atoms with Gasteiger partial charge in [-0.05, 0) is 25.5 Å². The van der Waals surface area contributed by atoms with E-state index in [0.717, 1.165) is 13.0 Å². The Morgan fingerprint density at radius 2 is 2.19 bits per heavy atom. The molecule has 2 rings (SSSR count). The second kappa shape index (κ2) is 4.96. The van der Waals surface area contributed by atoms with Gasteiger partial charge in [-0.25, -0.2) is 0 Å². The lowest BCUT2D eigenvalue weighted by Gasteiger charge is -2.34. The van der Waals surface area contributed by atoms with Crippen molar-refractivity contribution < 1.29 is 4.79 Å². The zero-order valence-electron chi connectivity index (χ0n) is 10.3. The quantitative estimate of drug-likeness (QED) is 0.816. The van der Waals surface area contributed by atoms with Gasteiger partial charge in [0.25, 0.3) is 0 Å². The van der Waals surface area contributed by atoms with Gasteiger partial charge in [-0.15, -0.1) is 0 Å². The molecular formula is C12H22N2OS. The minimum atomic E-state index is 0.275. The summed E-state index contributed by atoms with van der Waals surface area (Å²) in [5, 5.41) is 3.29. The van der Waals surface area contributed by atoms with Crippen LogP contribution in [0.25, 0.3) is 0 Å². The average Bonchev–Trinajstić information content (AvgIpc) is 2.89. The molecule has 0 spiro atoms. The van der Waals surface area contributed by atoms with Crippen LogP contribution < -0.4 is 5.32 Å². The molecule has 2 aliphatic rings. The lowest BCUT2D eigenvalue weighted by molar-refractivity contribution is -0.128. The Hall–Kier alpha value is -0.220. The van der Waals surface area contributed by atoms with E-state index in [9.17, 15) is 4.79 Å². The maximum absolute atomic E-state index is 11.8. The lowest BCUT2D eigenvalue weighted by Crippen LogP contribution is -2.45. The number of carbonyl (C=O) groups excluding carboxylic acids is 1. The Balaban J connectivity index is 2.03. The molecule has 0 aromatic heterocycles. The number of nitrogens with one attached hydrogen (secondary N) is 1. The van der Waals surface area contributed by atoms with Crippen molar-refractivity contribution in [3.8, 4) is 0 Å². The maximum Gasteiger partial charge on any atom is 0.237 e. The average molecular weight is 242 g/mol. The highest BCUT2D eigenvalue weighted by atomic mass is 32.2. The van der Waals surface area contributed by atoms with Crippen LogP contribution in [-0.4, -0.2) is 41.1 Å². The molecule has 1 N–H and O–H groups in total. The molecule has 1 saturated carbocycles. The first-order valence-electron chi connectivity index (χ1n) is 6.29. The zero-order valence-corrected chi connectivity index (χ0v) is 11.1. The molecule has 3 nitrogen and oxygen atoms in total. The molecule has 0 aromatic rings. The van der Waals surface area contributed by atoms with Gasteiger partial charge in [0.05, 0.1) is 12.7 Å². The number of rotatable bonds is 4. The Labute approximate surface area is 102 Å². The molecule has 1 aliphatic heterocycles. The second-order valence-electron chi connectivity index (χ2n) is 4.92. The summed E-state index contributed by atoms with van der Waals surface area (Å²) in [5.41, 5.74) is 0. The third-order valence-electron chi connectivity index (χ3n) is 3.98. The van der Waals surface area contributed by atoms with Gasteiger partial charge in [-0.1, -0.05) is 19.8 Å². The van der Waals surface area contributed by atoms with E-state index in [2.05, 4.69) is 23.4 Å². The minimum absolute atomic E-state index is 0.275. The molecule has 92 valence electrons. The Morgan fingerprint density at radius 1 is 1.50 bits per heavy atom. The van der Waals surface area contributed by atoms with Crippen molar-refractivity contribution in [3.63, 3.8) is 0 Å².